The zero-order chi connectivity index (χ0) is 23.0. The molecule has 1 aliphatic rings. The van der Waals surface area contributed by atoms with Gasteiger partial charge in [-0.15, -0.1) is 0 Å². The van der Waals surface area contributed by atoms with Crippen LogP contribution in [0, 0.1) is 0 Å². The van der Waals surface area contributed by atoms with E-state index in [0.717, 1.165) is 11.4 Å². The highest BCUT2D eigenvalue weighted by Crippen LogP contribution is 2.31. The Morgan fingerprint density at radius 1 is 1.03 bits per heavy atom. The van der Waals surface area contributed by atoms with E-state index in [0.29, 0.717) is 43.6 Å². The van der Waals surface area contributed by atoms with Gasteiger partial charge >= 0.3 is 0 Å². The number of aromatic nitrogens is 2. The first-order valence-electron chi connectivity index (χ1n) is 10.9. The molecule has 2 heterocycles. The molecule has 3 aromatic rings. The van der Waals surface area contributed by atoms with Gasteiger partial charge in [-0.1, -0.05) is 42.5 Å². The minimum absolute atomic E-state index is 0.000892. The molecule has 1 amide bonds. The lowest BCUT2D eigenvalue weighted by atomic mass is 10.2. The van der Waals surface area contributed by atoms with Crippen molar-refractivity contribution in [1.82, 2.24) is 14.9 Å². The molecule has 33 heavy (non-hydrogen) atoms. The fraction of sp³-hybridized carbons (Fsp3) is 0.320. The highest BCUT2D eigenvalue weighted by Gasteiger charge is 2.28. The molecule has 8 nitrogen and oxygen atoms in total. The minimum Gasteiger partial charge on any atom is -0.493 e. The number of amides is 1. The monoisotopic (exact) mass is 448 g/mol. The zero-order valence-electron chi connectivity index (χ0n) is 18.9. The van der Waals surface area contributed by atoms with E-state index in [-0.39, 0.29) is 18.6 Å². The van der Waals surface area contributed by atoms with Gasteiger partial charge in [-0.25, -0.2) is 9.97 Å². The number of ether oxygens (including phenoxy) is 3. The van der Waals surface area contributed by atoms with E-state index >= 15 is 0 Å². The molecule has 1 atom stereocenters. The maximum absolute atomic E-state index is 12.7. The van der Waals surface area contributed by atoms with Crippen LogP contribution in [0.5, 0.6) is 17.4 Å². The zero-order valence-corrected chi connectivity index (χ0v) is 18.9. The molecular formula is C25H28N4O4. The second kappa shape index (κ2) is 10.8. The van der Waals surface area contributed by atoms with Crippen LogP contribution < -0.4 is 14.4 Å². The van der Waals surface area contributed by atoms with Gasteiger partial charge in [-0.2, -0.15) is 0 Å². The number of hydrogen-bond acceptors (Lipinski definition) is 7. The fourth-order valence-electron chi connectivity index (χ4n) is 3.82. The van der Waals surface area contributed by atoms with E-state index < -0.39 is 0 Å². The summed E-state index contributed by atoms with van der Waals surface area (Å²) in [6.07, 6.45) is 1.49. The van der Waals surface area contributed by atoms with Crippen molar-refractivity contribution in [3.8, 4) is 17.4 Å². The summed E-state index contributed by atoms with van der Waals surface area (Å²) in [5, 5.41) is 0. The number of carbonyl (C=O) groups is 1. The summed E-state index contributed by atoms with van der Waals surface area (Å²) in [7, 11) is 1.60. The van der Waals surface area contributed by atoms with E-state index in [1.54, 1.807) is 13.2 Å². The van der Waals surface area contributed by atoms with Gasteiger partial charge in [-0.05, 0) is 24.6 Å². The first kappa shape index (κ1) is 22.5. The number of hydrogen-bond donors (Lipinski definition) is 0. The molecule has 0 radical (unpaired) electrons. The quantitative estimate of drug-likeness (QED) is 0.522. The Hall–Kier alpha value is -3.65. The summed E-state index contributed by atoms with van der Waals surface area (Å²) < 4.78 is 16.9. The average Bonchev–Trinajstić information content (AvgIpc) is 2.85. The molecule has 4 rings (SSSR count). The van der Waals surface area contributed by atoms with Gasteiger partial charge in [0.15, 0.2) is 11.5 Å². The Morgan fingerprint density at radius 2 is 1.79 bits per heavy atom. The number of methoxy groups -OCH3 is 1. The van der Waals surface area contributed by atoms with E-state index in [9.17, 15) is 4.79 Å². The predicted molar refractivity (Wildman–Crippen MR) is 125 cm³/mol. The minimum atomic E-state index is 0.000892. The Balaban J connectivity index is 1.33. The Kier molecular flexibility index (Phi) is 7.36. The number of para-hydroxylation sites is 2. The standard InChI is InChI=1S/C25H28N4O4/c1-19-15-28(12-13-29(19)25(30)17-32-16-20-8-4-3-5-9-20)23-14-24(27-18-26-23)33-22-11-7-6-10-21(22)31-2/h3-11,14,18-19H,12-13,15-17H2,1-2H3. The second-order valence-corrected chi connectivity index (χ2v) is 7.83. The molecule has 0 saturated carbocycles. The number of benzene rings is 2. The van der Waals surface area contributed by atoms with Crippen LogP contribution in [0.1, 0.15) is 12.5 Å². The van der Waals surface area contributed by atoms with Crippen molar-refractivity contribution in [3.05, 3.63) is 72.6 Å². The van der Waals surface area contributed by atoms with E-state index in [1.165, 1.54) is 6.33 Å². The molecule has 172 valence electrons. The van der Waals surface area contributed by atoms with Gasteiger partial charge in [0, 0.05) is 31.7 Å². The maximum atomic E-state index is 12.7. The third kappa shape index (κ3) is 5.78. The van der Waals surface area contributed by atoms with E-state index in [2.05, 4.69) is 14.9 Å². The van der Waals surface area contributed by atoms with Gasteiger partial charge in [-0.3, -0.25) is 4.79 Å². The first-order chi connectivity index (χ1) is 16.1. The maximum Gasteiger partial charge on any atom is 0.248 e. The van der Waals surface area contributed by atoms with Gasteiger partial charge in [0.1, 0.15) is 18.8 Å². The molecular weight excluding hydrogens is 420 g/mol. The topological polar surface area (TPSA) is 77.0 Å². The lowest BCUT2D eigenvalue weighted by molar-refractivity contribution is -0.139. The van der Waals surface area contributed by atoms with Crippen LogP contribution in [0.2, 0.25) is 0 Å². The number of piperazine rings is 1. The van der Waals surface area contributed by atoms with Crippen molar-refractivity contribution in [2.75, 3.05) is 38.3 Å². The second-order valence-electron chi connectivity index (χ2n) is 7.83. The fourth-order valence-corrected chi connectivity index (χ4v) is 3.82. The lowest BCUT2D eigenvalue weighted by Gasteiger charge is -2.40. The average molecular weight is 449 g/mol. The molecule has 0 N–H and O–H groups in total. The highest BCUT2D eigenvalue weighted by atomic mass is 16.5. The summed E-state index contributed by atoms with van der Waals surface area (Å²) in [5.41, 5.74) is 1.05. The third-order valence-electron chi connectivity index (χ3n) is 5.52. The number of nitrogens with zero attached hydrogens (tertiary/aromatic N) is 4. The van der Waals surface area contributed by atoms with Crippen LogP contribution in [-0.4, -0.2) is 60.2 Å². The van der Waals surface area contributed by atoms with Crippen LogP contribution >= 0.6 is 0 Å². The lowest BCUT2D eigenvalue weighted by Crippen LogP contribution is -2.55. The number of anilines is 1. The normalized spacial score (nSPS) is 15.9. The smallest absolute Gasteiger partial charge is 0.248 e. The van der Waals surface area contributed by atoms with Crippen LogP contribution in [-0.2, 0) is 16.1 Å². The Labute approximate surface area is 193 Å². The molecule has 1 fully saturated rings. The molecule has 0 spiro atoms. The van der Waals surface area contributed by atoms with Crippen LogP contribution in [0.4, 0.5) is 5.82 Å². The highest BCUT2D eigenvalue weighted by molar-refractivity contribution is 5.78. The molecule has 0 bridgehead atoms. The summed E-state index contributed by atoms with van der Waals surface area (Å²) in [4.78, 5) is 25.3. The van der Waals surface area contributed by atoms with Gasteiger partial charge in [0.25, 0.3) is 0 Å². The molecule has 1 aromatic heterocycles. The predicted octanol–water partition coefficient (Wildman–Crippen LogP) is 3.53. The van der Waals surface area contributed by atoms with Crippen molar-refractivity contribution >= 4 is 11.7 Å². The van der Waals surface area contributed by atoms with Crippen molar-refractivity contribution < 1.29 is 19.0 Å². The molecule has 1 unspecified atom stereocenters. The summed E-state index contributed by atoms with van der Waals surface area (Å²) in [6.45, 7) is 4.46. The van der Waals surface area contributed by atoms with Crippen molar-refractivity contribution in [3.63, 3.8) is 0 Å². The Bertz CT molecular complexity index is 1060. The molecule has 1 saturated heterocycles. The van der Waals surface area contributed by atoms with Gasteiger partial charge in [0.05, 0.1) is 13.7 Å². The van der Waals surface area contributed by atoms with Crippen molar-refractivity contribution in [2.45, 2.75) is 19.6 Å². The molecule has 2 aromatic carbocycles. The summed E-state index contributed by atoms with van der Waals surface area (Å²) in [5.74, 6) is 2.41. The van der Waals surface area contributed by atoms with E-state index in [1.807, 2.05) is 66.4 Å². The van der Waals surface area contributed by atoms with Gasteiger partial charge < -0.3 is 24.0 Å². The first-order valence-corrected chi connectivity index (χ1v) is 10.9. The van der Waals surface area contributed by atoms with Crippen LogP contribution in [0.25, 0.3) is 0 Å². The largest absolute Gasteiger partial charge is 0.493 e. The van der Waals surface area contributed by atoms with Gasteiger partial charge in [0.2, 0.25) is 11.8 Å². The molecule has 0 aliphatic carbocycles. The SMILES string of the molecule is COc1ccccc1Oc1cc(N2CCN(C(=O)COCc3ccccc3)C(C)C2)ncn1. The third-order valence-corrected chi connectivity index (χ3v) is 5.52. The van der Waals surface area contributed by atoms with Crippen LogP contribution in [0.3, 0.4) is 0 Å². The van der Waals surface area contributed by atoms with Crippen LogP contribution in [0.15, 0.2) is 67.0 Å². The number of carbonyl (C=O) groups excluding carboxylic acids is 1. The summed E-state index contributed by atoms with van der Waals surface area (Å²) in [6, 6.07) is 19.1. The van der Waals surface area contributed by atoms with Crippen molar-refractivity contribution in [2.24, 2.45) is 0 Å². The Morgan fingerprint density at radius 3 is 2.55 bits per heavy atom. The molecule has 1 aliphatic heterocycles. The number of rotatable bonds is 8. The summed E-state index contributed by atoms with van der Waals surface area (Å²) >= 11 is 0. The molecule has 8 heteroatoms. The van der Waals surface area contributed by atoms with Crippen molar-refractivity contribution in [1.29, 1.82) is 0 Å². The van der Waals surface area contributed by atoms with E-state index in [4.69, 9.17) is 14.2 Å².